The molecule has 0 spiro atoms. The van der Waals surface area contributed by atoms with Crippen LogP contribution in [0.5, 0.6) is 0 Å². The predicted molar refractivity (Wildman–Crippen MR) is 93.2 cm³/mol. The Morgan fingerprint density at radius 1 is 1.27 bits per heavy atom. The Morgan fingerprint density at radius 2 is 1.95 bits per heavy atom. The number of amides is 1. The molecule has 1 aromatic heterocycles. The normalized spacial score (nSPS) is 12.4. The van der Waals surface area contributed by atoms with Gasteiger partial charge in [-0.15, -0.1) is 11.3 Å². The van der Waals surface area contributed by atoms with E-state index in [1.165, 1.54) is 4.88 Å². The fourth-order valence-electron chi connectivity index (χ4n) is 2.12. The third kappa shape index (κ3) is 4.39. The van der Waals surface area contributed by atoms with E-state index < -0.39 is 0 Å². The molecule has 0 aliphatic carbocycles. The monoisotopic (exact) mass is 317 g/mol. The molecule has 0 bridgehead atoms. The second-order valence-electron chi connectivity index (χ2n) is 5.82. The Hall–Kier alpha value is -1.72. The third-order valence-electron chi connectivity index (χ3n) is 3.30. The van der Waals surface area contributed by atoms with E-state index in [0.29, 0.717) is 23.9 Å². The van der Waals surface area contributed by atoms with Crippen molar-refractivity contribution in [3.8, 4) is 11.3 Å². The molecule has 0 aliphatic heterocycles. The molecular weight excluding hydrogens is 294 g/mol. The highest BCUT2D eigenvalue weighted by molar-refractivity contribution is 7.16. The number of nitrogens with one attached hydrogen (secondary N) is 1. The van der Waals surface area contributed by atoms with Crippen LogP contribution in [0.4, 0.5) is 5.13 Å². The summed E-state index contributed by atoms with van der Waals surface area (Å²) in [5, 5.41) is 3.56. The summed E-state index contributed by atoms with van der Waals surface area (Å²) in [7, 11) is 0. The van der Waals surface area contributed by atoms with Crippen LogP contribution in [-0.4, -0.2) is 16.9 Å². The number of hydrogen-bond acceptors (Lipinski definition) is 4. The van der Waals surface area contributed by atoms with E-state index in [4.69, 9.17) is 5.73 Å². The van der Waals surface area contributed by atoms with Gasteiger partial charge in [0.2, 0.25) is 5.91 Å². The molecule has 22 heavy (non-hydrogen) atoms. The molecule has 2 rings (SSSR count). The standard InChI is InChI=1S/C17H23N3OS/c1-11(2)16-15(13-7-5-4-6-8-13)20-17(22-16)19-14(21)10-9-12(3)18/h4-8,11-12H,9-10,18H2,1-3H3,(H,19,20,21). The van der Waals surface area contributed by atoms with Gasteiger partial charge in [-0.2, -0.15) is 0 Å². The number of nitrogens with zero attached hydrogens (tertiary/aromatic N) is 1. The van der Waals surface area contributed by atoms with E-state index in [-0.39, 0.29) is 11.9 Å². The van der Waals surface area contributed by atoms with Crippen molar-refractivity contribution < 1.29 is 4.79 Å². The maximum atomic E-state index is 11.9. The highest BCUT2D eigenvalue weighted by Gasteiger charge is 2.17. The van der Waals surface area contributed by atoms with Gasteiger partial charge in [-0.05, 0) is 19.3 Å². The average Bonchev–Trinajstić information content (AvgIpc) is 2.90. The van der Waals surface area contributed by atoms with Gasteiger partial charge in [0.1, 0.15) is 0 Å². The SMILES string of the molecule is CC(N)CCC(=O)Nc1nc(-c2ccccc2)c(C(C)C)s1. The molecule has 0 aliphatic rings. The molecule has 0 radical (unpaired) electrons. The molecular formula is C17H23N3OS. The minimum atomic E-state index is -0.0269. The van der Waals surface area contributed by atoms with E-state index in [1.54, 1.807) is 11.3 Å². The molecule has 1 unspecified atom stereocenters. The van der Waals surface area contributed by atoms with E-state index in [0.717, 1.165) is 11.3 Å². The van der Waals surface area contributed by atoms with Gasteiger partial charge in [0.25, 0.3) is 0 Å². The van der Waals surface area contributed by atoms with E-state index in [2.05, 4.69) is 24.1 Å². The maximum Gasteiger partial charge on any atom is 0.226 e. The van der Waals surface area contributed by atoms with Crippen molar-refractivity contribution in [3.05, 3.63) is 35.2 Å². The Labute approximate surface area is 135 Å². The zero-order valence-electron chi connectivity index (χ0n) is 13.3. The number of anilines is 1. The molecule has 4 nitrogen and oxygen atoms in total. The summed E-state index contributed by atoms with van der Waals surface area (Å²) in [5.74, 6) is 0.336. The largest absolute Gasteiger partial charge is 0.328 e. The van der Waals surface area contributed by atoms with Crippen molar-refractivity contribution in [2.75, 3.05) is 5.32 Å². The minimum absolute atomic E-state index is 0.0269. The van der Waals surface area contributed by atoms with Gasteiger partial charge in [0.15, 0.2) is 5.13 Å². The van der Waals surface area contributed by atoms with E-state index >= 15 is 0 Å². The van der Waals surface area contributed by atoms with Crippen molar-refractivity contribution in [2.45, 2.75) is 45.6 Å². The van der Waals surface area contributed by atoms with Crippen LogP contribution in [-0.2, 0) is 4.79 Å². The lowest BCUT2D eigenvalue weighted by Gasteiger charge is -2.04. The summed E-state index contributed by atoms with van der Waals surface area (Å²) in [6.07, 6.45) is 1.11. The molecule has 0 fully saturated rings. The van der Waals surface area contributed by atoms with Gasteiger partial charge in [-0.25, -0.2) is 4.98 Å². The zero-order chi connectivity index (χ0) is 16.1. The van der Waals surface area contributed by atoms with Gasteiger partial charge >= 0.3 is 0 Å². The summed E-state index contributed by atoms with van der Waals surface area (Å²) in [6.45, 7) is 6.18. The summed E-state index contributed by atoms with van der Waals surface area (Å²) >= 11 is 1.55. The van der Waals surface area contributed by atoms with E-state index in [9.17, 15) is 4.79 Å². The number of carbonyl (C=O) groups excluding carboxylic acids is 1. The highest BCUT2D eigenvalue weighted by atomic mass is 32.1. The fraction of sp³-hybridized carbons (Fsp3) is 0.412. The molecule has 2 aromatic rings. The molecule has 5 heteroatoms. The number of hydrogen-bond donors (Lipinski definition) is 2. The lowest BCUT2D eigenvalue weighted by atomic mass is 10.1. The first-order valence-corrected chi connectivity index (χ1v) is 8.40. The molecule has 1 amide bonds. The molecule has 3 N–H and O–H groups in total. The minimum Gasteiger partial charge on any atom is -0.328 e. The Balaban J connectivity index is 2.19. The predicted octanol–water partition coefficient (Wildman–Crippen LogP) is 4.00. The Morgan fingerprint density at radius 3 is 2.55 bits per heavy atom. The van der Waals surface area contributed by atoms with Crippen LogP contribution in [0.15, 0.2) is 30.3 Å². The van der Waals surface area contributed by atoms with Crippen LogP contribution in [0.1, 0.15) is 44.4 Å². The molecule has 0 saturated carbocycles. The van der Waals surface area contributed by atoms with Crippen LogP contribution < -0.4 is 11.1 Å². The van der Waals surface area contributed by atoms with Crippen molar-refractivity contribution >= 4 is 22.4 Å². The maximum absolute atomic E-state index is 11.9. The summed E-state index contributed by atoms with van der Waals surface area (Å²) in [4.78, 5) is 17.8. The quantitative estimate of drug-likeness (QED) is 0.846. The Kier molecular flexibility index (Phi) is 5.69. The van der Waals surface area contributed by atoms with Crippen molar-refractivity contribution in [3.63, 3.8) is 0 Å². The topological polar surface area (TPSA) is 68.0 Å². The summed E-state index contributed by atoms with van der Waals surface area (Å²) < 4.78 is 0. The first-order valence-electron chi connectivity index (χ1n) is 7.59. The molecule has 1 atom stereocenters. The smallest absolute Gasteiger partial charge is 0.226 e. The zero-order valence-corrected chi connectivity index (χ0v) is 14.1. The first-order chi connectivity index (χ1) is 10.5. The van der Waals surface area contributed by atoms with Crippen LogP contribution in [0.2, 0.25) is 0 Å². The first kappa shape index (κ1) is 16.6. The average molecular weight is 317 g/mol. The van der Waals surface area contributed by atoms with Crippen LogP contribution in [0, 0.1) is 0 Å². The van der Waals surface area contributed by atoms with Crippen molar-refractivity contribution in [2.24, 2.45) is 5.73 Å². The summed E-state index contributed by atoms with van der Waals surface area (Å²) in [6, 6.07) is 10.1. The summed E-state index contributed by atoms with van der Waals surface area (Å²) in [5.41, 5.74) is 7.73. The van der Waals surface area contributed by atoms with Crippen LogP contribution >= 0.6 is 11.3 Å². The van der Waals surface area contributed by atoms with Gasteiger partial charge in [0, 0.05) is 22.9 Å². The highest BCUT2D eigenvalue weighted by Crippen LogP contribution is 2.36. The molecule has 1 aromatic carbocycles. The fourth-order valence-corrected chi connectivity index (χ4v) is 3.13. The van der Waals surface area contributed by atoms with Gasteiger partial charge in [0.05, 0.1) is 5.69 Å². The van der Waals surface area contributed by atoms with Crippen molar-refractivity contribution in [1.29, 1.82) is 0 Å². The molecule has 1 heterocycles. The van der Waals surface area contributed by atoms with Crippen LogP contribution in [0.3, 0.4) is 0 Å². The number of aromatic nitrogens is 1. The second-order valence-corrected chi connectivity index (χ2v) is 6.85. The van der Waals surface area contributed by atoms with Gasteiger partial charge in [-0.1, -0.05) is 44.2 Å². The Bertz CT molecular complexity index is 620. The van der Waals surface area contributed by atoms with Gasteiger partial charge < -0.3 is 11.1 Å². The van der Waals surface area contributed by atoms with E-state index in [1.807, 2.05) is 37.3 Å². The lowest BCUT2D eigenvalue weighted by Crippen LogP contribution is -2.19. The van der Waals surface area contributed by atoms with Crippen molar-refractivity contribution in [1.82, 2.24) is 4.98 Å². The number of nitrogens with two attached hydrogens (primary N) is 1. The second kappa shape index (κ2) is 7.51. The number of benzene rings is 1. The molecule has 0 saturated heterocycles. The van der Waals surface area contributed by atoms with Gasteiger partial charge in [-0.3, -0.25) is 4.79 Å². The molecule has 118 valence electrons. The number of thiazole rings is 1. The number of carbonyl (C=O) groups is 1. The van der Waals surface area contributed by atoms with Crippen LogP contribution in [0.25, 0.3) is 11.3 Å². The number of rotatable bonds is 6. The third-order valence-corrected chi connectivity index (χ3v) is 4.57. The lowest BCUT2D eigenvalue weighted by molar-refractivity contribution is -0.116.